The van der Waals surface area contributed by atoms with Gasteiger partial charge in [0.15, 0.2) is 0 Å². The van der Waals surface area contributed by atoms with Gasteiger partial charge in [0.1, 0.15) is 11.4 Å². The molecule has 3 rings (SSSR count). The average Bonchev–Trinajstić information content (AvgIpc) is 3.18. The van der Waals surface area contributed by atoms with Gasteiger partial charge < -0.3 is 15.1 Å². The van der Waals surface area contributed by atoms with Gasteiger partial charge in [-0.05, 0) is 42.5 Å². The lowest BCUT2D eigenvalue weighted by Gasteiger charge is -2.00. The van der Waals surface area contributed by atoms with Gasteiger partial charge in [0.2, 0.25) is 0 Å². The van der Waals surface area contributed by atoms with Gasteiger partial charge in [0.05, 0.1) is 29.5 Å². The Labute approximate surface area is 121 Å². The first-order chi connectivity index (χ1) is 10.3. The van der Waals surface area contributed by atoms with Crippen LogP contribution in [0.5, 0.6) is 5.75 Å². The number of phenolic OH excluding ortho intramolecular Hbond substituents is 1. The van der Waals surface area contributed by atoms with E-state index in [1.807, 2.05) is 36.7 Å². The summed E-state index contributed by atoms with van der Waals surface area (Å²) < 4.78 is 0. The fraction of sp³-hybridized carbons (Fsp3) is 0. The van der Waals surface area contributed by atoms with Gasteiger partial charge in [-0.2, -0.15) is 0 Å². The molecule has 0 bridgehead atoms. The summed E-state index contributed by atoms with van der Waals surface area (Å²) in [5.41, 5.74) is 2.99. The van der Waals surface area contributed by atoms with E-state index in [0.29, 0.717) is 5.69 Å². The largest absolute Gasteiger partial charge is 0.506 e. The summed E-state index contributed by atoms with van der Waals surface area (Å²) in [5.74, 6) is 0.122. The predicted molar refractivity (Wildman–Crippen MR) is 84.2 cm³/mol. The van der Waals surface area contributed by atoms with Crippen LogP contribution in [0.4, 0.5) is 11.4 Å². The Hall–Kier alpha value is -3.08. The van der Waals surface area contributed by atoms with Gasteiger partial charge >= 0.3 is 0 Å². The minimum absolute atomic E-state index is 0.122. The third-order valence-corrected chi connectivity index (χ3v) is 2.90. The van der Waals surface area contributed by atoms with E-state index >= 15 is 0 Å². The summed E-state index contributed by atoms with van der Waals surface area (Å²) >= 11 is 0. The zero-order valence-corrected chi connectivity index (χ0v) is 11.2. The van der Waals surface area contributed by atoms with Gasteiger partial charge in [0, 0.05) is 12.4 Å². The fourth-order valence-corrected chi connectivity index (χ4v) is 1.83. The second kappa shape index (κ2) is 5.92. The molecule has 5 heteroatoms. The van der Waals surface area contributed by atoms with Gasteiger partial charge in [-0.3, -0.25) is 9.98 Å². The first-order valence-corrected chi connectivity index (χ1v) is 6.49. The Kier molecular flexibility index (Phi) is 3.64. The van der Waals surface area contributed by atoms with Crippen molar-refractivity contribution in [3.8, 4) is 5.75 Å². The number of aromatic amines is 2. The Morgan fingerprint density at radius 1 is 0.857 bits per heavy atom. The molecular formula is C16H14N4O. The molecule has 2 aromatic heterocycles. The normalized spacial score (nSPS) is 11.6. The fourth-order valence-electron chi connectivity index (χ4n) is 1.83. The molecule has 3 aromatic rings. The molecule has 2 heterocycles. The Bertz CT molecular complexity index is 756. The Morgan fingerprint density at radius 2 is 1.52 bits per heavy atom. The van der Waals surface area contributed by atoms with Crippen molar-refractivity contribution in [2.75, 3.05) is 0 Å². The van der Waals surface area contributed by atoms with Crippen molar-refractivity contribution in [2.24, 2.45) is 9.98 Å². The van der Waals surface area contributed by atoms with Crippen molar-refractivity contribution >= 4 is 23.8 Å². The van der Waals surface area contributed by atoms with Crippen LogP contribution >= 0.6 is 0 Å². The van der Waals surface area contributed by atoms with Gasteiger partial charge in [-0.15, -0.1) is 0 Å². The summed E-state index contributed by atoms with van der Waals surface area (Å²) in [7, 11) is 0. The van der Waals surface area contributed by atoms with Crippen LogP contribution in [0.15, 0.2) is 64.8 Å². The minimum Gasteiger partial charge on any atom is -0.506 e. The molecule has 5 nitrogen and oxygen atoms in total. The number of nitrogens with one attached hydrogen (secondary N) is 2. The number of phenols is 1. The van der Waals surface area contributed by atoms with E-state index in [1.54, 1.807) is 30.6 Å². The van der Waals surface area contributed by atoms with Crippen molar-refractivity contribution in [1.29, 1.82) is 0 Å². The van der Waals surface area contributed by atoms with Gasteiger partial charge in [-0.25, -0.2) is 0 Å². The number of nitrogens with zero attached hydrogens (tertiary/aromatic N) is 2. The number of aliphatic imine (C=N–C) groups is 2. The lowest BCUT2D eigenvalue weighted by molar-refractivity contribution is 0.477. The average molecular weight is 278 g/mol. The molecule has 0 unspecified atom stereocenters. The van der Waals surface area contributed by atoms with Gasteiger partial charge in [0.25, 0.3) is 0 Å². The topological polar surface area (TPSA) is 76.5 Å². The first-order valence-electron chi connectivity index (χ1n) is 6.49. The Balaban J connectivity index is 1.82. The molecule has 0 aliphatic rings. The second-order valence-corrected chi connectivity index (χ2v) is 4.44. The number of aromatic hydroxyl groups is 1. The van der Waals surface area contributed by atoms with Crippen molar-refractivity contribution in [1.82, 2.24) is 9.97 Å². The zero-order valence-electron chi connectivity index (χ0n) is 11.2. The molecule has 0 atom stereocenters. The third kappa shape index (κ3) is 3.27. The van der Waals surface area contributed by atoms with E-state index in [1.165, 1.54) is 0 Å². The molecule has 3 N–H and O–H groups in total. The molecule has 0 radical (unpaired) electrons. The van der Waals surface area contributed by atoms with Crippen LogP contribution in [-0.2, 0) is 0 Å². The van der Waals surface area contributed by atoms with E-state index in [2.05, 4.69) is 20.0 Å². The number of benzene rings is 1. The molecule has 1 aromatic carbocycles. The highest BCUT2D eigenvalue weighted by Gasteiger charge is 2.00. The maximum Gasteiger partial charge on any atom is 0.141 e. The number of hydrogen-bond donors (Lipinski definition) is 3. The molecule has 0 aliphatic heterocycles. The molecule has 21 heavy (non-hydrogen) atoms. The van der Waals surface area contributed by atoms with E-state index in [0.717, 1.165) is 17.1 Å². The number of rotatable bonds is 4. The van der Waals surface area contributed by atoms with Gasteiger partial charge in [-0.1, -0.05) is 0 Å². The maximum atomic E-state index is 9.83. The summed E-state index contributed by atoms with van der Waals surface area (Å²) in [4.78, 5) is 14.7. The number of aromatic nitrogens is 2. The predicted octanol–water partition coefficient (Wildman–Crippen LogP) is 3.55. The van der Waals surface area contributed by atoms with Crippen LogP contribution in [0, 0.1) is 0 Å². The monoisotopic (exact) mass is 278 g/mol. The lowest BCUT2D eigenvalue weighted by Crippen LogP contribution is -1.80. The highest BCUT2D eigenvalue weighted by molar-refractivity contribution is 5.82. The highest BCUT2D eigenvalue weighted by atomic mass is 16.3. The molecular weight excluding hydrogens is 264 g/mol. The van der Waals surface area contributed by atoms with Crippen molar-refractivity contribution in [3.63, 3.8) is 0 Å². The van der Waals surface area contributed by atoms with Crippen LogP contribution < -0.4 is 0 Å². The van der Waals surface area contributed by atoms with Crippen LogP contribution in [0.3, 0.4) is 0 Å². The molecule has 0 amide bonds. The van der Waals surface area contributed by atoms with Crippen LogP contribution in [0.2, 0.25) is 0 Å². The van der Waals surface area contributed by atoms with E-state index in [4.69, 9.17) is 0 Å². The van der Waals surface area contributed by atoms with Crippen molar-refractivity contribution < 1.29 is 5.11 Å². The summed E-state index contributed by atoms with van der Waals surface area (Å²) in [6.07, 6.45) is 7.04. The van der Waals surface area contributed by atoms with Crippen molar-refractivity contribution in [2.45, 2.75) is 0 Å². The summed E-state index contributed by atoms with van der Waals surface area (Å²) in [5, 5.41) is 9.83. The first kappa shape index (κ1) is 12.9. The van der Waals surface area contributed by atoms with E-state index in [-0.39, 0.29) is 5.75 Å². The quantitative estimate of drug-likeness (QED) is 0.627. The Morgan fingerprint density at radius 3 is 2.14 bits per heavy atom. The molecule has 0 spiro atoms. The zero-order chi connectivity index (χ0) is 14.5. The van der Waals surface area contributed by atoms with E-state index in [9.17, 15) is 5.11 Å². The van der Waals surface area contributed by atoms with E-state index < -0.39 is 0 Å². The molecule has 0 fully saturated rings. The minimum atomic E-state index is 0.122. The van der Waals surface area contributed by atoms with Crippen LogP contribution in [-0.4, -0.2) is 27.5 Å². The lowest BCUT2D eigenvalue weighted by atomic mass is 10.2. The van der Waals surface area contributed by atoms with Crippen LogP contribution in [0.25, 0.3) is 0 Å². The number of H-pyrrole nitrogens is 2. The summed E-state index contributed by atoms with van der Waals surface area (Å²) in [6.45, 7) is 0. The number of hydrogen-bond acceptors (Lipinski definition) is 3. The molecule has 104 valence electrons. The second-order valence-electron chi connectivity index (χ2n) is 4.44. The van der Waals surface area contributed by atoms with Crippen LogP contribution in [0.1, 0.15) is 11.4 Å². The SMILES string of the molecule is Oc1ccc(N=Cc2ccc[nH]2)cc1N=Cc1ccc[nH]1. The smallest absolute Gasteiger partial charge is 0.141 e. The summed E-state index contributed by atoms with van der Waals surface area (Å²) in [6, 6.07) is 12.7. The third-order valence-electron chi connectivity index (χ3n) is 2.90. The maximum absolute atomic E-state index is 9.83. The molecule has 0 aliphatic carbocycles. The standard InChI is InChI=1S/C16H14N4O/c21-16-6-5-12(19-10-13-3-1-7-17-13)9-15(16)20-11-14-4-2-8-18-14/h1-11,17-18,21H. The molecule has 0 saturated heterocycles. The highest BCUT2D eigenvalue weighted by Crippen LogP contribution is 2.30. The van der Waals surface area contributed by atoms with Crippen molar-refractivity contribution in [3.05, 3.63) is 66.2 Å². The molecule has 0 saturated carbocycles.